The van der Waals surface area contributed by atoms with Crippen molar-refractivity contribution in [3.05, 3.63) is 35.1 Å². The first-order valence-corrected chi connectivity index (χ1v) is 5.73. The molecule has 0 spiro atoms. The molecule has 1 aromatic carbocycles. The van der Waals surface area contributed by atoms with Crippen LogP contribution in [-0.4, -0.2) is 10.3 Å². The molecule has 1 rings (SSSR count). The average molecular weight is 307 g/mol. The van der Waals surface area contributed by atoms with Crippen molar-refractivity contribution < 1.29 is 9.18 Å². The van der Waals surface area contributed by atoms with E-state index in [1.165, 1.54) is 6.07 Å². The largest absolute Gasteiger partial charge is 0.351 e. The Morgan fingerprint density at radius 1 is 1.57 bits per heavy atom. The molecular weight excluding hydrogens is 296 g/mol. The minimum absolute atomic E-state index is 0.0356. The second kappa shape index (κ2) is 5.29. The van der Waals surface area contributed by atoms with Crippen molar-refractivity contribution in [2.75, 3.05) is 4.43 Å². The van der Waals surface area contributed by atoms with Gasteiger partial charge in [-0.05, 0) is 24.1 Å². The summed E-state index contributed by atoms with van der Waals surface area (Å²) in [5.74, 6) is -0.266. The van der Waals surface area contributed by atoms with Crippen LogP contribution in [0.3, 0.4) is 0 Å². The van der Waals surface area contributed by atoms with E-state index < -0.39 is 0 Å². The molecule has 0 saturated heterocycles. The van der Waals surface area contributed by atoms with Crippen molar-refractivity contribution in [3.8, 4) is 0 Å². The molecule has 0 unspecified atom stereocenters. The van der Waals surface area contributed by atoms with Gasteiger partial charge in [-0.1, -0.05) is 34.7 Å². The summed E-state index contributed by atoms with van der Waals surface area (Å²) < 4.78 is 13.5. The van der Waals surface area contributed by atoms with Gasteiger partial charge in [-0.15, -0.1) is 0 Å². The standard InChI is InChI=1S/C10H11FINO/c1-7-2-3-8(4-9(7)11)6-13-10(14)5-12/h2-4H,5-6H2,1H3,(H,13,14). The van der Waals surface area contributed by atoms with Crippen LogP contribution in [0, 0.1) is 12.7 Å². The van der Waals surface area contributed by atoms with E-state index >= 15 is 0 Å². The van der Waals surface area contributed by atoms with Gasteiger partial charge in [0.25, 0.3) is 0 Å². The lowest BCUT2D eigenvalue weighted by Gasteiger charge is -2.04. The molecule has 0 aromatic heterocycles. The molecule has 2 nitrogen and oxygen atoms in total. The molecule has 0 aliphatic carbocycles. The maximum atomic E-state index is 13.1. The van der Waals surface area contributed by atoms with Crippen LogP contribution >= 0.6 is 22.6 Å². The van der Waals surface area contributed by atoms with E-state index in [1.54, 1.807) is 13.0 Å². The first kappa shape index (κ1) is 11.4. The fraction of sp³-hybridized carbons (Fsp3) is 0.300. The molecule has 0 aliphatic rings. The molecule has 14 heavy (non-hydrogen) atoms. The third-order valence-corrected chi connectivity index (χ3v) is 2.54. The second-order valence-corrected chi connectivity index (χ2v) is 3.76. The summed E-state index contributed by atoms with van der Waals surface area (Å²) in [6.07, 6.45) is 0. The van der Waals surface area contributed by atoms with Gasteiger partial charge in [-0.3, -0.25) is 4.79 Å². The number of halogens is 2. The molecule has 0 heterocycles. The van der Waals surface area contributed by atoms with E-state index in [0.29, 0.717) is 16.5 Å². The van der Waals surface area contributed by atoms with Crippen molar-refractivity contribution in [2.45, 2.75) is 13.5 Å². The molecule has 1 aromatic rings. The van der Waals surface area contributed by atoms with E-state index in [0.717, 1.165) is 5.56 Å². The number of carbonyl (C=O) groups excluding carboxylic acids is 1. The van der Waals surface area contributed by atoms with Crippen molar-refractivity contribution in [1.82, 2.24) is 5.32 Å². The highest BCUT2D eigenvalue weighted by Crippen LogP contribution is 2.08. The maximum Gasteiger partial charge on any atom is 0.230 e. The number of aryl methyl sites for hydroxylation is 1. The lowest BCUT2D eigenvalue weighted by Crippen LogP contribution is -2.23. The van der Waals surface area contributed by atoms with Gasteiger partial charge in [0.1, 0.15) is 5.82 Å². The quantitative estimate of drug-likeness (QED) is 0.673. The Hall–Kier alpha value is -0.650. The molecule has 4 heteroatoms. The summed E-state index contributed by atoms with van der Waals surface area (Å²) in [6, 6.07) is 4.97. The summed E-state index contributed by atoms with van der Waals surface area (Å²) in [5.41, 5.74) is 1.40. The van der Waals surface area contributed by atoms with Crippen LogP contribution in [0.4, 0.5) is 4.39 Å². The van der Waals surface area contributed by atoms with Crippen molar-refractivity contribution in [2.24, 2.45) is 0 Å². The van der Waals surface area contributed by atoms with E-state index in [9.17, 15) is 9.18 Å². The molecule has 0 aliphatic heterocycles. The fourth-order valence-electron chi connectivity index (χ4n) is 0.994. The topological polar surface area (TPSA) is 29.1 Å². The zero-order chi connectivity index (χ0) is 10.6. The predicted molar refractivity (Wildman–Crippen MR) is 61.9 cm³/mol. The summed E-state index contributed by atoms with van der Waals surface area (Å²) >= 11 is 1.98. The minimum atomic E-state index is -0.230. The third kappa shape index (κ3) is 3.25. The molecule has 1 amide bonds. The monoisotopic (exact) mass is 307 g/mol. The van der Waals surface area contributed by atoms with Crippen LogP contribution < -0.4 is 5.32 Å². The highest BCUT2D eigenvalue weighted by atomic mass is 127. The Morgan fingerprint density at radius 3 is 2.86 bits per heavy atom. The van der Waals surface area contributed by atoms with Gasteiger partial charge in [0.05, 0.1) is 4.43 Å². The highest BCUT2D eigenvalue weighted by Gasteiger charge is 2.01. The summed E-state index contributed by atoms with van der Waals surface area (Å²) in [6.45, 7) is 2.10. The number of alkyl halides is 1. The number of benzene rings is 1. The molecule has 1 N–H and O–H groups in total. The van der Waals surface area contributed by atoms with Crippen LogP contribution in [0.15, 0.2) is 18.2 Å². The van der Waals surface area contributed by atoms with Crippen LogP contribution in [-0.2, 0) is 11.3 Å². The van der Waals surface area contributed by atoms with Gasteiger partial charge in [-0.25, -0.2) is 4.39 Å². The van der Waals surface area contributed by atoms with Gasteiger partial charge >= 0.3 is 0 Å². The Bertz CT molecular complexity index is 341. The zero-order valence-electron chi connectivity index (χ0n) is 7.81. The zero-order valence-corrected chi connectivity index (χ0v) is 9.97. The summed E-state index contributed by atoms with van der Waals surface area (Å²) in [7, 11) is 0. The summed E-state index contributed by atoms with van der Waals surface area (Å²) in [5, 5.41) is 2.68. The number of hydrogen-bond donors (Lipinski definition) is 1. The molecule has 0 saturated carbocycles. The van der Waals surface area contributed by atoms with Crippen molar-refractivity contribution in [1.29, 1.82) is 0 Å². The van der Waals surface area contributed by atoms with Gasteiger partial charge in [0, 0.05) is 6.54 Å². The molecule has 0 radical (unpaired) electrons. The van der Waals surface area contributed by atoms with E-state index in [1.807, 2.05) is 28.7 Å². The van der Waals surface area contributed by atoms with Crippen LogP contribution in [0.2, 0.25) is 0 Å². The summed E-state index contributed by atoms with van der Waals surface area (Å²) in [4.78, 5) is 10.9. The average Bonchev–Trinajstić information content (AvgIpc) is 2.19. The molecular formula is C10H11FINO. The number of rotatable bonds is 3. The van der Waals surface area contributed by atoms with E-state index in [2.05, 4.69) is 5.32 Å². The SMILES string of the molecule is Cc1ccc(CNC(=O)CI)cc1F. The third-order valence-electron chi connectivity index (χ3n) is 1.85. The maximum absolute atomic E-state index is 13.1. The Morgan fingerprint density at radius 2 is 2.29 bits per heavy atom. The molecule has 0 atom stereocenters. The highest BCUT2D eigenvalue weighted by molar-refractivity contribution is 14.1. The van der Waals surface area contributed by atoms with E-state index in [-0.39, 0.29) is 11.7 Å². The van der Waals surface area contributed by atoms with Gasteiger partial charge < -0.3 is 5.32 Å². The van der Waals surface area contributed by atoms with Crippen LogP contribution in [0.25, 0.3) is 0 Å². The van der Waals surface area contributed by atoms with Crippen LogP contribution in [0.1, 0.15) is 11.1 Å². The normalized spacial score (nSPS) is 9.93. The van der Waals surface area contributed by atoms with Gasteiger partial charge in [0.15, 0.2) is 0 Å². The Labute approximate surface area is 96.0 Å². The molecule has 0 bridgehead atoms. The second-order valence-electron chi connectivity index (χ2n) is 2.99. The first-order valence-electron chi connectivity index (χ1n) is 4.21. The number of hydrogen-bond acceptors (Lipinski definition) is 1. The Kier molecular flexibility index (Phi) is 4.31. The number of nitrogens with one attached hydrogen (secondary N) is 1. The fourth-order valence-corrected chi connectivity index (χ4v) is 1.26. The van der Waals surface area contributed by atoms with Gasteiger partial charge in [0.2, 0.25) is 5.91 Å². The van der Waals surface area contributed by atoms with E-state index in [4.69, 9.17) is 0 Å². The molecule has 76 valence electrons. The van der Waals surface area contributed by atoms with Crippen molar-refractivity contribution in [3.63, 3.8) is 0 Å². The number of carbonyl (C=O) groups is 1. The first-order chi connectivity index (χ1) is 6.63. The predicted octanol–water partition coefficient (Wildman–Crippen LogP) is 2.19. The minimum Gasteiger partial charge on any atom is -0.351 e. The lowest BCUT2D eigenvalue weighted by atomic mass is 10.1. The van der Waals surface area contributed by atoms with Crippen LogP contribution in [0.5, 0.6) is 0 Å². The lowest BCUT2D eigenvalue weighted by molar-refractivity contribution is -0.118. The molecule has 0 fully saturated rings. The van der Waals surface area contributed by atoms with Gasteiger partial charge in [-0.2, -0.15) is 0 Å². The smallest absolute Gasteiger partial charge is 0.230 e. The Balaban J connectivity index is 2.60. The van der Waals surface area contributed by atoms with Crippen molar-refractivity contribution >= 4 is 28.5 Å². The number of amides is 1.